The number of carbonyl (C=O) groups excluding carboxylic acids is 2. The van der Waals surface area contributed by atoms with Gasteiger partial charge in [-0.2, -0.15) is 0 Å². The summed E-state index contributed by atoms with van der Waals surface area (Å²) in [6.07, 6.45) is 7.04. The van der Waals surface area contributed by atoms with E-state index in [-0.39, 0.29) is 23.2 Å². The predicted molar refractivity (Wildman–Crippen MR) is 173 cm³/mol. The van der Waals surface area contributed by atoms with Gasteiger partial charge in [-0.25, -0.2) is 8.78 Å². The van der Waals surface area contributed by atoms with E-state index >= 15 is 0 Å². The molecule has 0 saturated heterocycles. The molecule has 0 spiro atoms. The van der Waals surface area contributed by atoms with E-state index in [1.54, 1.807) is 24.3 Å². The molecule has 1 aromatic heterocycles. The van der Waals surface area contributed by atoms with Crippen molar-refractivity contribution < 1.29 is 18.4 Å². The molecule has 0 atom stereocenters. The fourth-order valence-corrected chi connectivity index (χ4v) is 5.20. The first-order valence-electron chi connectivity index (χ1n) is 15.4. The molecule has 4 rings (SSSR count). The van der Waals surface area contributed by atoms with Gasteiger partial charge in [0.2, 0.25) is 0 Å². The summed E-state index contributed by atoms with van der Waals surface area (Å²) < 4.78 is 28.0. The van der Waals surface area contributed by atoms with Crippen molar-refractivity contribution in [1.82, 2.24) is 9.88 Å². The van der Waals surface area contributed by atoms with Crippen LogP contribution >= 0.6 is 0 Å². The number of ketones is 1. The SMILES string of the molecule is CCCCN(CC)CC.CCCCc1[nH]c(/C=C2\C(=O)Nc3cc(NCc4ccc(F)cc4)c(F)cc32)c(C)c1C(C)=O. The van der Waals surface area contributed by atoms with Crippen LogP contribution < -0.4 is 10.6 Å². The predicted octanol–water partition coefficient (Wildman–Crippen LogP) is 8.38. The van der Waals surface area contributed by atoms with Crippen molar-refractivity contribution in [3.8, 4) is 0 Å². The minimum Gasteiger partial charge on any atom is -0.379 e. The van der Waals surface area contributed by atoms with Gasteiger partial charge in [0.15, 0.2) is 5.78 Å². The van der Waals surface area contributed by atoms with Gasteiger partial charge in [-0.1, -0.05) is 52.7 Å². The number of amides is 1. The molecule has 8 heteroatoms. The van der Waals surface area contributed by atoms with Crippen LogP contribution in [0.2, 0.25) is 0 Å². The standard InChI is InChI=1S/C27H27F2N3O2.C8H19N/c1-4-5-6-22-26(16(3)33)15(2)23(31-22)12-20-19-11-21(29)25(13-24(19)32-27(20)34)30-14-17-7-9-18(28)10-8-17;1-4-7-8-9(5-2)6-3/h7-13,30-31H,4-6,14H2,1-3H3,(H,32,34);4-8H2,1-3H3/b20-12-;. The Morgan fingerprint density at radius 3 is 2.28 bits per heavy atom. The first-order chi connectivity index (χ1) is 20.6. The van der Waals surface area contributed by atoms with E-state index in [1.165, 1.54) is 57.6 Å². The lowest BCUT2D eigenvalue weighted by Crippen LogP contribution is -2.23. The molecule has 0 unspecified atom stereocenters. The average molecular weight is 593 g/mol. The molecule has 0 fully saturated rings. The number of anilines is 2. The summed E-state index contributed by atoms with van der Waals surface area (Å²) in [5.74, 6) is -1.19. The largest absolute Gasteiger partial charge is 0.379 e. The number of aromatic nitrogens is 1. The van der Waals surface area contributed by atoms with Gasteiger partial charge in [-0.05, 0) is 94.2 Å². The van der Waals surface area contributed by atoms with Gasteiger partial charge < -0.3 is 20.5 Å². The fourth-order valence-electron chi connectivity index (χ4n) is 5.20. The van der Waals surface area contributed by atoms with Crippen molar-refractivity contribution in [2.45, 2.75) is 80.2 Å². The number of halogens is 2. The Bertz CT molecular complexity index is 1420. The molecule has 0 bridgehead atoms. The van der Waals surface area contributed by atoms with E-state index in [1.807, 2.05) is 6.92 Å². The Morgan fingerprint density at radius 2 is 1.67 bits per heavy atom. The quantitative estimate of drug-likeness (QED) is 0.138. The molecule has 1 amide bonds. The third-order valence-corrected chi connectivity index (χ3v) is 7.80. The molecule has 3 N–H and O–H groups in total. The second kappa shape index (κ2) is 16.2. The van der Waals surface area contributed by atoms with Crippen molar-refractivity contribution in [2.75, 3.05) is 30.3 Å². The number of hydrogen-bond donors (Lipinski definition) is 3. The van der Waals surface area contributed by atoms with Crippen LogP contribution in [0.15, 0.2) is 36.4 Å². The number of rotatable bonds is 13. The van der Waals surface area contributed by atoms with Crippen LogP contribution in [0, 0.1) is 18.6 Å². The van der Waals surface area contributed by atoms with Crippen LogP contribution in [0.1, 0.15) is 98.7 Å². The Morgan fingerprint density at radius 1 is 1.00 bits per heavy atom. The number of H-pyrrole nitrogens is 1. The zero-order valence-electron chi connectivity index (χ0n) is 26.4. The number of unbranched alkanes of at least 4 members (excludes halogenated alkanes) is 2. The van der Waals surface area contributed by atoms with Crippen LogP contribution in [0.3, 0.4) is 0 Å². The first kappa shape index (κ1) is 33.7. The Balaban J connectivity index is 0.000000489. The normalized spacial score (nSPS) is 13.1. The molecule has 1 aliphatic heterocycles. The number of fused-ring (bicyclic) bond motifs is 1. The van der Waals surface area contributed by atoms with E-state index in [0.717, 1.165) is 36.1 Å². The summed E-state index contributed by atoms with van der Waals surface area (Å²) in [6.45, 7) is 16.2. The molecular formula is C35H46F2N4O2. The molecule has 0 saturated carbocycles. The molecule has 3 aromatic rings. The van der Waals surface area contributed by atoms with Crippen molar-refractivity contribution >= 4 is 34.7 Å². The van der Waals surface area contributed by atoms with E-state index in [9.17, 15) is 18.4 Å². The third kappa shape index (κ3) is 8.86. The molecular weight excluding hydrogens is 546 g/mol. The van der Waals surface area contributed by atoms with E-state index in [2.05, 4.69) is 48.2 Å². The third-order valence-electron chi connectivity index (χ3n) is 7.80. The number of aryl methyl sites for hydroxylation is 1. The van der Waals surface area contributed by atoms with Gasteiger partial charge in [-0.15, -0.1) is 0 Å². The van der Waals surface area contributed by atoms with Crippen molar-refractivity contribution in [3.05, 3.63) is 81.7 Å². The van der Waals surface area contributed by atoms with Gasteiger partial charge in [0, 0.05) is 29.1 Å². The van der Waals surface area contributed by atoms with Crippen molar-refractivity contribution in [2.24, 2.45) is 0 Å². The second-order valence-corrected chi connectivity index (χ2v) is 10.9. The number of benzene rings is 2. The molecule has 1 aliphatic rings. The van der Waals surface area contributed by atoms with Gasteiger partial charge in [0.1, 0.15) is 11.6 Å². The van der Waals surface area contributed by atoms with Crippen LogP contribution in [0.5, 0.6) is 0 Å². The van der Waals surface area contributed by atoms with E-state index in [4.69, 9.17) is 0 Å². The van der Waals surface area contributed by atoms with Crippen molar-refractivity contribution in [1.29, 1.82) is 0 Å². The maximum Gasteiger partial charge on any atom is 0.256 e. The smallest absolute Gasteiger partial charge is 0.256 e. The maximum absolute atomic E-state index is 14.9. The number of carbonyl (C=O) groups is 2. The fraction of sp³-hybridized carbons (Fsp3) is 0.429. The first-order valence-corrected chi connectivity index (χ1v) is 15.4. The molecule has 0 radical (unpaired) electrons. The summed E-state index contributed by atoms with van der Waals surface area (Å²) in [6, 6.07) is 8.83. The highest BCUT2D eigenvalue weighted by atomic mass is 19.1. The molecule has 43 heavy (non-hydrogen) atoms. The van der Waals surface area contributed by atoms with Gasteiger partial charge in [0.25, 0.3) is 5.91 Å². The summed E-state index contributed by atoms with van der Waals surface area (Å²) in [7, 11) is 0. The number of aromatic amines is 1. The lowest BCUT2D eigenvalue weighted by molar-refractivity contribution is -0.110. The minimum absolute atomic E-state index is 0.0244. The van der Waals surface area contributed by atoms with Gasteiger partial charge in [-0.3, -0.25) is 9.59 Å². The maximum atomic E-state index is 14.9. The molecule has 2 aromatic carbocycles. The monoisotopic (exact) mass is 592 g/mol. The molecule has 2 heterocycles. The topological polar surface area (TPSA) is 77.2 Å². The van der Waals surface area contributed by atoms with Crippen LogP contribution in [0.4, 0.5) is 20.2 Å². The number of hydrogen-bond acceptors (Lipinski definition) is 4. The van der Waals surface area contributed by atoms with Gasteiger partial charge >= 0.3 is 0 Å². The number of Topliss-reactive ketones (excluding diaryl/α,β-unsaturated/α-hetero) is 1. The number of nitrogens with one attached hydrogen (secondary N) is 3. The zero-order chi connectivity index (χ0) is 31.5. The highest BCUT2D eigenvalue weighted by Gasteiger charge is 2.27. The van der Waals surface area contributed by atoms with Crippen LogP contribution in [-0.2, 0) is 17.8 Å². The lowest BCUT2D eigenvalue weighted by atomic mass is 10.0. The van der Waals surface area contributed by atoms with Gasteiger partial charge in [0.05, 0.1) is 16.9 Å². The van der Waals surface area contributed by atoms with E-state index in [0.29, 0.717) is 34.6 Å². The van der Waals surface area contributed by atoms with Crippen LogP contribution in [-0.4, -0.2) is 41.2 Å². The molecule has 232 valence electrons. The van der Waals surface area contributed by atoms with Crippen molar-refractivity contribution in [3.63, 3.8) is 0 Å². The summed E-state index contributed by atoms with van der Waals surface area (Å²) >= 11 is 0. The molecule has 6 nitrogen and oxygen atoms in total. The Labute approximate surface area is 255 Å². The lowest BCUT2D eigenvalue weighted by Gasteiger charge is -2.16. The van der Waals surface area contributed by atoms with E-state index < -0.39 is 5.82 Å². The summed E-state index contributed by atoms with van der Waals surface area (Å²) in [5.41, 5.74) is 5.31. The summed E-state index contributed by atoms with van der Waals surface area (Å²) in [5, 5.41) is 5.79. The summed E-state index contributed by atoms with van der Waals surface area (Å²) in [4.78, 5) is 30.7. The second-order valence-electron chi connectivity index (χ2n) is 10.9. The average Bonchev–Trinajstić information content (AvgIpc) is 3.47. The Kier molecular flexibility index (Phi) is 12.7. The minimum atomic E-state index is -0.500. The highest BCUT2D eigenvalue weighted by Crippen LogP contribution is 2.37. The molecule has 0 aliphatic carbocycles. The zero-order valence-corrected chi connectivity index (χ0v) is 26.4. The van der Waals surface area contributed by atoms with Crippen LogP contribution in [0.25, 0.3) is 11.6 Å². The Hall–Kier alpha value is -3.78. The highest BCUT2D eigenvalue weighted by molar-refractivity contribution is 6.35. The number of nitrogens with zero attached hydrogens (tertiary/aromatic N) is 1.